The molecule has 7 nitrogen and oxygen atoms in total. The summed E-state index contributed by atoms with van der Waals surface area (Å²) in [4.78, 5) is 13.2. The molecule has 0 bridgehead atoms. The molecule has 0 spiro atoms. The van der Waals surface area contributed by atoms with Gasteiger partial charge in [-0.25, -0.2) is 8.42 Å². The third kappa shape index (κ3) is 5.24. The number of rotatable bonds is 7. The van der Waals surface area contributed by atoms with E-state index in [1.54, 1.807) is 49.7 Å². The van der Waals surface area contributed by atoms with Crippen molar-refractivity contribution in [2.24, 2.45) is 0 Å². The summed E-state index contributed by atoms with van der Waals surface area (Å²) in [6.45, 7) is 4.64. The summed E-state index contributed by atoms with van der Waals surface area (Å²) < 4.78 is 38.8. The zero-order chi connectivity index (χ0) is 23.3. The molecular weight excluding hydrogens is 428 g/mol. The third-order valence-corrected chi connectivity index (χ3v) is 7.92. The highest BCUT2D eigenvalue weighted by molar-refractivity contribution is 7.89. The average molecular weight is 461 g/mol. The van der Waals surface area contributed by atoms with Gasteiger partial charge in [0.25, 0.3) is 5.91 Å². The predicted octanol–water partition coefficient (Wildman–Crippen LogP) is 4.07. The number of nitrogens with one attached hydrogen (secondary N) is 1. The summed E-state index contributed by atoms with van der Waals surface area (Å²) in [5.41, 5.74) is 1.70. The van der Waals surface area contributed by atoms with Crippen LogP contribution in [0.15, 0.2) is 41.3 Å². The second kappa shape index (κ2) is 10.4. The van der Waals surface area contributed by atoms with E-state index in [1.807, 2.05) is 13.0 Å². The first-order valence-corrected chi connectivity index (χ1v) is 12.4. The first-order valence-electron chi connectivity index (χ1n) is 10.9. The summed E-state index contributed by atoms with van der Waals surface area (Å²) in [5, 5.41) is 2.94. The number of benzene rings is 2. The SMILES string of the molecule is COc1ccc(OC)c([C@@H](C)NC(=O)c2ccc(C)c(S(=O)(=O)N3CCCCCC3)c2)c1. The van der Waals surface area contributed by atoms with Gasteiger partial charge in [-0.2, -0.15) is 4.31 Å². The van der Waals surface area contributed by atoms with Crippen molar-refractivity contribution in [2.75, 3.05) is 27.3 Å². The van der Waals surface area contributed by atoms with Gasteiger partial charge in [0.05, 0.1) is 25.2 Å². The zero-order valence-corrected chi connectivity index (χ0v) is 20.0. The summed E-state index contributed by atoms with van der Waals surface area (Å²) in [6.07, 6.45) is 3.80. The molecule has 1 atom stereocenters. The van der Waals surface area contributed by atoms with Gasteiger partial charge in [-0.1, -0.05) is 18.9 Å². The van der Waals surface area contributed by atoms with Crippen LogP contribution in [0.3, 0.4) is 0 Å². The topological polar surface area (TPSA) is 84.9 Å². The van der Waals surface area contributed by atoms with Crippen molar-refractivity contribution in [3.8, 4) is 11.5 Å². The van der Waals surface area contributed by atoms with E-state index in [0.29, 0.717) is 35.7 Å². The lowest BCUT2D eigenvalue weighted by Crippen LogP contribution is -2.33. The molecule has 3 rings (SSSR count). The fourth-order valence-electron chi connectivity index (χ4n) is 3.98. The molecule has 32 heavy (non-hydrogen) atoms. The number of hydrogen-bond donors (Lipinski definition) is 1. The van der Waals surface area contributed by atoms with Gasteiger partial charge in [-0.05, 0) is 62.6 Å². The lowest BCUT2D eigenvalue weighted by atomic mass is 10.1. The van der Waals surface area contributed by atoms with E-state index in [1.165, 1.54) is 6.07 Å². The molecule has 2 aromatic rings. The molecule has 0 saturated carbocycles. The van der Waals surface area contributed by atoms with Crippen LogP contribution in [-0.2, 0) is 10.0 Å². The zero-order valence-electron chi connectivity index (χ0n) is 19.2. The Balaban J connectivity index is 1.85. The maximum absolute atomic E-state index is 13.3. The van der Waals surface area contributed by atoms with E-state index in [9.17, 15) is 13.2 Å². The van der Waals surface area contributed by atoms with Crippen molar-refractivity contribution < 1.29 is 22.7 Å². The van der Waals surface area contributed by atoms with Crippen molar-refractivity contribution in [1.29, 1.82) is 0 Å². The van der Waals surface area contributed by atoms with Crippen LogP contribution in [0.2, 0.25) is 0 Å². The van der Waals surface area contributed by atoms with Crippen molar-refractivity contribution in [1.82, 2.24) is 9.62 Å². The lowest BCUT2D eigenvalue weighted by molar-refractivity contribution is 0.0939. The van der Waals surface area contributed by atoms with Gasteiger partial charge >= 0.3 is 0 Å². The predicted molar refractivity (Wildman–Crippen MR) is 124 cm³/mol. The smallest absolute Gasteiger partial charge is 0.251 e. The van der Waals surface area contributed by atoms with Crippen molar-refractivity contribution in [3.63, 3.8) is 0 Å². The van der Waals surface area contributed by atoms with Gasteiger partial charge in [0, 0.05) is 24.2 Å². The van der Waals surface area contributed by atoms with E-state index in [0.717, 1.165) is 31.2 Å². The normalized spacial score (nSPS) is 16.1. The summed E-state index contributed by atoms with van der Waals surface area (Å²) in [6, 6.07) is 9.84. The third-order valence-electron chi connectivity index (χ3n) is 5.88. The highest BCUT2D eigenvalue weighted by Crippen LogP contribution is 2.30. The van der Waals surface area contributed by atoms with E-state index in [-0.39, 0.29) is 16.8 Å². The summed E-state index contributed by atoms with van der Waals surface area (Å²) >= 11 is 0. The van der Waals surface area contributed by atoms with Crippen LogP contribution in [0.5, 0.6) is 11.5 Å². The number of carbonyl (C=O) groups excluding carboxylic acids is 1. The second-order valence-corrected chi connectivity index (χ2v) is 10.0. The first kappa shape index (κ1) is 24.1. The van der Waals surface area contributed by atoms with Crippen molar-refractivity contribution >= 4 is 15.9 Å². The highest BCUT2D eigenvalue weighted by Gasteiger charge is 2.28. The Bertz CT molecular complexity index is 1060. The lowest BCUT2D eigenvalue weighted by Gasteiger charge is -2.22. The van der Waals surface area contributed by atoms with Crippen LogP contribution in [0.25, 0.3) is 0 Å². The van der Waals surface area contributed by atoms with E-state index >= 15 is 0 Å². The van der Waals surface area contributed by atoms with Crippen molar-refractivity contribution in [3.05, 3.63) is 53.1 Å². The standard InChI is InChI=1S/C24H32N2O5S/c1-17-9-10-19(15-23(17)32(28,29)26-13-7-5-6-8-14-26)24(27)25-18(2)21-16-20(30-3)11-12-22(21)31-4/h9-12,15-16,18H,5-8,13-14H2,1-4H3,(H,25,27)/t18-/m1/s1. The molecule has 1 aliphatic rings. The molecule has 1 heterocycles. The Hall–Kier alpha value is -2.58. The number of methoxy groups -OCH3 is 2. The van der Waals surface area contributed by atoms with Crippen LogP contribution in [0.4, 0.5) is 0 Å². The van der Waals surface area contributed by atoms with E-state index in [2.05, 4.69) is 5.32 Å². The molecule has 1 aliphatic heterocycles. The summed E-state index contributed by atoms with van der Waals surface area (Å²) in [7, 11) is -0.510. The number of carbonyl (C=O) groups is 1. The van der Waals surface area contributed by atoms with Gasteiger partial charge in [0.1, 0.15) is 11.5 Å². The van der Waals surface area contributed by atoms with Crippen LogP contribution < -0.4 is 14.8 Å². The molecule has 0 aliphatic carbocycles. The van der Waals surface area contributed by atoms with Crippen LogP contribution in [0.1, 0.15) is 60.1 Å². The molecule has 8 heteroatoms. The Morgan fingerprint density at radius 3 is 2.31 bits per heavy atom. The minimum Gasteiger partial charge on any atom is -0.497 e. The minimum absolute atomic E-state index is 0.193. The monoisotopic (exact) mass is 460 g/mol. The van der Waals surface area contributed by atoms with Gasteiger partial charge in [-0.15, -0.1) is 0 Å². The van der Waals surface area contributed by atoms with Gasteiger partial charge in [0.2, 0.25) is 10.0 Å². The number of ether oxygens (including phenoxy) is 2. The van der Waals surface area contributed by atoms with Crippen LogP contribution in [-0.4, -0.2) is 45.9 Å². The Morgan fingerprint density at radius 1 is 1.00 bits per heavy atom. The van der Waals surface area contributed by atoms with Gasteiger partial charge in [0.15, 0.2) is 0 Å². The number of sulfonamides is 1. The number of hydrogen-bond acceptors (Lipinski definition) is 5. The fraction of sp³-hybridized carbons (Fsp3) is 0.458. The van der Waals surface area contributed by atoms with Crippen LogP contribution >= 0.6 is 0 Å². The average Bonchev–Trinajstić information content (AvgIpc) is 3.09. The molecule has 1 saturated heterocycles. The quantitative estimate of drug-likeness (QED) is 0.673. The first-order chi connectivity index (χ1) is 15.3. The van der Waals surface area contributed by atoms with Crippen molar-refractivity contribution in [2.45, 2.75) is 50.5 Å². The molecular formula is C24H32N2O5S. The molecule has 174 valence electrons. The van der Waals surface area contributed by atoms with Crippen LogP contribution in [0, 0.1) is 6.92 Å². The molecule has 1 fully saturated rings. The maximum Gasteiger partial charge on any atom is 0.251 e. The molecule has 0 radical (unpaired) electrons. The summed E-state index contributed by atoms with van der Waals surface area (Å²) in [5.74, 6) is 0.935. The Morgan fingerprint density at radius 2 is 1.69 bits per heavy atom. The molecule has 0 aromatic heterocycles. The van der Waals surface area contributed by atoms with E-state index in [4.69, 9.17) is 9.47 Å². The largest absolute Gasteiger partial charge is 0.497 e. The van der Waals surface area contributed by atoms with Gasteiger partial charge in [-0.3, -0.25) is 4.79 Å². The Labute approximate surface area is 190 Å². The Kier molecular flexibility index (Phi) is 7.79. The van der Waals surface area contributed by atoms with Gasteiger partial charge < -0.3 is 14.8 Å². The maximum atomic E-state index is 13.3. The fourth-order valence-corrected chi connectivity index (χ4v) is 5.74. The molecule has 0 unspecified atom stereocenters. The molecule has 2 aromatic carbocycles. The van der Waals surface area contributed by atoms with E-state index < -0.39 is 10.0 Å². The number of nitrogens with zero attached hydrogens (tertiary/aromatic N) is 1. The second-order valence-electron chi connectivity index (χ2n) is 8.10. The molecule has 1 N–H and O–H groups in total. The molecule has 1 amide bonds. The highest BCUT2D eigenvalue weighted by atomic mass is 32.2. The number of amides is 1. The number of aryl methyl sites for hydroxylation is 1. The minimum atomic E-state index is -3.66.